The highest BCUT2D eigenvalue weighted by atomic mass is 35.5. The molecular formula is C94H100Cl8N16O20S4. The van der Waals surface area contributed by atoms with Gasteiger partial charge in [0.2, 0.25) is 0 Å². The Bertz CT molecular complexity index is 5740. The average molecular weight is 2190 g/mol. The molecule has 8 aliphatic rings. The zero-order valence-electron chi connectivity index (χ0n) is 76.9. The van der Waals surface area contributed by atoms with E-state index in [1.165, 1.54) is 59.6 Å². The molecule has 142 heavy (non-hydrogen) atoms. The summed E-state index contributed by atoms with van der Waals surface area (Å²) in [5, 5.41) is 63.3. The van der Waals surface area contributed by atoms with E-state index in [2.05, 4.69) is 60.8 Å². The molecule has 0 bridgehead atoms. The lowest BCUT2D eigenvalue weighted by Gasteiger charge is -2.37. The molecule has 4 aromatic carbocycles. The topological polar surface area (TPSA) is 453 Å². The summed E-state index contributed by atoms with van der Waals surface area (Å²) in [5.74, 6) is -3.50. The minimum absolute atomic E-state index is 0.0235. The second kappa shape index (κ2) is 53.2. The lowest BCUT2D eigenvalue weighted by atomic mass is 9.95. The lowest BCUT2D eigenvalue weighted by molar-refractivity contribution is -0.140. The summed E-state index contributed by atoms with van der Waals surface area (Å²) < 4.78 is 43.6. The summed E-state index contributed by atoms with van der Waals surface area (Å²) in [4.78, 5) is 143. The molecule has 8 aliphatic heterocycles. The van der Waals surface area contributed by atoms with Crippen LogP contribution in [0.25, 0.3) is 0 Å². The fourth-order valence-corrected chi connectivity index (χ4v) is 21.1. The van der Waals surface area contributed by atoms with Gasteiger partial charge >= 0.3 is 47.8 Å². The third-order valence-electron chi connectivity index (χ3n) is 23.5. The molecule has 0 amide bonds. The van der Waals surface area contributed by atoms with Crippen molar-refractivity contribution in [3.8, 4) is 0 Å². The number of nitrogens with zero attached hydrogens (tertiary/aromatic N) is 12. The second-order valence-corrected chi connectivity index (χ2v) is 39.5. The van der Waals surface area contributed by atoms with Gasteiger partial charge in [-0.3, -0.25) is 58.7 Å². The number of hydrogen-bond donors (Lipinski definition) is 8. The summed E-state index contributed by atoms with van der Waals surface area (Å²) in [7, 11) is 2.63. The summed E-state index contributed by atoms with van der Waals surface area (Å²) in [6.45, 7) is 11.2. The molecule has 0 unspecified atom stereocenters. The van der Waals surface area contributed by atoms with E-state index in [0.29, 0.717) is 282 Å². The van der Waals surface area contributed by atoms with Gasteiger partial charge in [-0.05, 0) is 88.1 Å². The number of ether oxygens (including phenoxy) is 8. The smallest absolute Gasteiger partial charge is 0.338 e. The zero-order chi connectivity index (χ0) is 101. The molecule has 0 spiro atoms. The second-order valence-electron chi connectivity index (χ2n) is 32.6. The Labute approximate surface area is 872 Å². The summed E-state index contributed by atoms with van der Waals surface area (Å²) in [5.41, 5.74) is 6.14. The molecule has 8 N–H and O–H groups in total. The molecule has 16 rings (SSSR count). The maximum absolute atomic E-state index is 13.3. The molecule has 8 aromatic rings. The molecule has 0 radical (unpaired) electrons. The van der Waals surface area contributed by atoms with Crippen molar-refractivity contribution in [1.29, 1.82) is 0 Å². The Morgan fingerprint density at radius 3 is 0.775 bits per heavy atom. The van der Waals surface area contributed by atoms with Crippen LogP contribution >= 0.6 is 138 Å². The number of amidine groups is 4. The van der Waals surface area contributed by atoms with Crippen LogP contribution in [0.4, 0.5) is 0 Å². The standard InChI is InChI=1S/2C24H26Cl2N4O5S.2C23H24Cl2N4O5S/c2*1-2-35-24(33)20-18(12-30-8-9-34-13-15(30)4-6-19(31)32)28-22(23-27-7-10-36-23)29-21(20)16-5-3-14(25)11-17(16)26;2*1-33-23(32)19-17(11-29-7-8-34-12-14(29)3-5-18(30)31)27-21(22-26-6-9-35-22)28-20(19)15-4-2-13(24)10-16(15)25/h2*3,5,7,10-11,15,21H,2,4,6,8-9,12-13H2,1H3,(H,28,29)(H,31,32);2*2,4,6,9-10,14,20H,3,5,7-8,11-12H2,1H3,(H,27,28)(H,30,31)/t15-,21+;15-,21-;14-,20+;14-,20-/m1010/s1. The van der Waals surface area contributed by atoms with Gasteiger partial charge in [-0.1, -0.05) is 117 Å². The molecule has 36 nitrogen and oxygen atoms in total. The van der Waals surface area contributed by atoms with Gasteiger partial charge in [0.25, 0.3) is 0 Å². The van der Waals surface area contributed by atoms with Gasteiger partial charge in [-0.25, -0.2) is 39.1 Å². The van der Waals surface area contributed by atoms with E-state index in [9.17, 15) is 48.6 Å². The number of halogens is 8. The van der Waals surface area contributed by atoms with Crippen LogP contribution in [0.3, 0.4) is 0 Å². The number of morpholine rings is 4. The summed E-state index contributed by atoms with van der Waals surface area (Å²) in [6, 6.07) is 16.8. The number of benzene rings is 4. The SMILES string of the molecule is CCOC(=O)C1=C(CN2CCOC[C@@H]2CCC(=O)O)NC(c2nccs2)=N[C@H]1c1ccc(Cl)cc1Cl.CCOC(=O)C1=C(CN2CCOC[C@H]2CCC(=O)O)NC(c2nccs2)=N[C@H]1c1ccc(Cl)cc1Cl.COC(=O)C1=C(CN2CCOC[C@@H]2CCC(=O)O)NC(c2nccs2)=N[C@H]1c1ccc(Cl)cc1Cl.COC(=O)C1=C(CN2CCOC[C@H]2CCC(=O)O)NC(c2nccs2)=N[C@H]1c1ccc(Cl)cc1Cl. The third kappa shape index (κ3) is 29.2. The first-order valence-electron chi connectivity index (χ1n) is 44.8. The first-order chi connectivity index (χ1) is 68.5. The van der Waals surface area contributed by atoms with Gasteiger partial charge in [0.15, 0.2) is 43.4 Å². The van der Waals surface area contributed by atoms with E-state index in [-0.39, 0.29) is 63.1 Å². The molecule has 12 heterocycles. The van der Waals surface area contributed by atoms with Gasteiger partial charge in [0.1, 0.15) is 24.2 Å². The van der Waals surface area contributed by atoms with Crippen LogP contribution in [0.15, 0.2) is 184 Å². The predicted octanol–water partition coefficient (Wildman–Crippen LogP) is 14.9. The lowest BCUT2D eigenvalue weighted by Crippen LogP contribution is -2.49. The molecule has 48 heteroatoms. The van der Waals surface area contributed by atoms with Crippen molar-refractivity contribution in [3.63, 3.8) is 0 Å². The number of aromatic nitrogens is 4. The van der Waals surface area contributed by atoms with Crippen molar-refractivity contribution in [3.05, 3.63) is 247 Å². The van der Waals surface area contributed by atoms with Crippen LogP contribution in [0.2, 0.25) is 40.2 Å². The van der Waals surface area contributed by atoms with Crippen LogP contribution in [0, 0.1) is 0 Å². The van der Waals surface area contributed by atoms with Crippen LogP contribution in [-0.2, 0) is 76.3 Å². The Balaban J connectivity index is 0.000000159. The number of nitrogens with one attached hydrogen (secondary N) is 4. The molecule has 4 fully saturated rings. The van der Waals surface area contributed by atoms with E-state index in [1.54, 1.807) is 111 Å². The molecule has 756 valence electrons. The number of esters is 4. The first kappa shape index (κ1) is 109. The normalized spacial score (nSPS) is 20.7. The van der Waals surface area contributed by atoms with Crippen molar-refractivity contribution in [1.82, 2.24) is 60.8 Å². The maximum atomic E-state index is 13.3. The Hall–Kier alpha value is -10.0. The largest absolute Gasteiger partial charge is 0.481 e. The van der Waals surface area contributed by atoms with Gasteiger partial charge in [-0.2, -0.15) is 0 Å². The Kier molecular flexibility index (Phi) is 40.9. The van der Waals surface area contributed by atoms with Gasteiger partial charge in [-0.15, -0.1) is 45.3 Å². The van der Waals surface area contributed by atoms with E-state index in [1.807, 2.05) is 21.5 Å². The number of carboxylic acids is 4. The highest BCUT2D eigenvalue weighted by molar-refractivity contribution is 7.12. The number of hydrogen-bond acceptors (Lipinski definition) is 36. The number of carboxylic acid groups (broad SMARTS) is 4. The molecule has 0 aliphatic carbocycles. The number of aliphatic carboxylic acids is 4. The predicted molar refractivity (Wildman–Crippen MR) is 542 cm³/mol. The maximum Gasteiger partial charge on any atom is 0.338 e. The van der Waals surface area contributed by atoms with Crippen molar-refractivity contribution >= 4 is 209 Å². The van der Waals surface area contributed by atoms with Crippen LogP contribution in [0.1, 0.15) is 132 Å². The number of carbonyl (C=O) groups is 8. The molecular weight excluding hydrogens is 2090 g/mol. The molecule has 4 aromatic heterocycles. The molecule has 4 saturated heterocycles. The number of carbonyl (C=O) groups excluding carboxylic acids is 4. The highest BCUT2D eigenvalue weighted by Gasteiger charge is 2.43. The summed E-state index contributed by atoms with van der Waals surface area (Å²) in [6.07, 6.45) is 8.53. The van der Waals surface area contributed by atoms with Crippen molar-refractivity contribution in [2.24, 2.45) is 20.0 Å². The Morgan fingerprint density at radius 1 is 0.359 bits per heavy atom. The van der Waals surface area contributed by atoms with Crippen molar-refractivity contribution < 1.29 is 96.7 Å². The van der Waals surface area contributed by atoms with E-state index in [0.717, 1.165) is 0 Å². The molecule has 8 atom stereocenters. The summed E-state index contributed by atoms with van der Waals surface area (Å²) >= 11 is 56.4. The van der Waals surface area contributed by atoms with Gasteiger partial charge < -0.3 is 79.6 Å². The van der Waals surface area contributed by atoms with Gasteiger partial charge in [0, 0.05) is 234 Å². The van der Waals surface area contributed by atoms with E-state index in [4.69, 9.17) is 161 Å². The van der Waals surface area contributed by atoms with Crippen LogP contribution in [0.5, 0.6) is 0 Å². The van der Waals surface area contributed by atoms with Gasteiger partial charge in [0.05, 0.1) is 103 Å². The Morgan fingerprint density at radius 2 is 0.585 bits per heavy atom. The zero-order valence-corrected chi connectivity index (χ0v) is 86.2. The number of aliphatic imine (C=N–C) groups is 4. The molecule has 0 saturated carbocycles. The average Bonchev–Trinajstić information content (AvgIpc) is 1.05. The van der Waals surface area contributed by atoms with Crippen LogP contribution in [-0.4, -0.2) is 288 Å². The minimum Gasteiger partial charge on any atom is -0.481 e. The highest BCUT2D eigenvalue weighted by Crippen LogP contribution is 2.44. The fraction of sp³-hybridized carbons (Fsp3) is 0.404. The number of rotatable bonds is 34. The monoisotopic (exact) mass is 2180 g/mol. The fourth-order valence-electron chi connectivity index (χ4n) is 16.7. The quantitative estimate of drug-likeness (QED) is 0.0137. The van der Waals surface area contributed by atoms with E-state index < -0.39 is 71.9 Å². The third-order valence-corrected chi connectivity index (χ3v) is 28.9. The first-order valence-corrected chi connectivity index (χ1v) is 51.4. The van der Waals surface area contributed by atoms with Crippen molar-refractivity contribution in [2.45, 2.75) is 114 Å². The van der Waals surface area contributed by atoms with Crippen LogP contribution < -0.4 is 21.3 Å². The van der Waals surface area contributed by atoms with E-state index >= 15 is 0 Å². The number of thiazole rings is 4. The van der Waals surface area contributed by atoms with Crippen molar-refractivity contribution in [2.75, 3.05) is 133 Å². The number of methoxy groups -OCH3 is 2. The minimum atomic E-state index is -0.864.